The maximum atomic E-state index is 12.1. The Labute approximate surface area is 137 Å². The van der Waals surface area contributed by atoms with E-state index in [0.29, 0.717) is 5.69 Å². The Kier molecular flexibility index (Phi) is 6.62. The van der Waals surface area contributed by atoms with Gasteiger partial charge in [-0.3, -0.25) is 4.79 Å². The van der Waals surface area contributed by atoms with Crippen molar-refractivity contribution in [2.45, 2.75) is 26.3 Å². The lowest BCUT2D eigenvalue weighted by Crippen LogP contribution is -2.42. The van der Waals surface area contributed by atoms with Crippen LogP contribution in [0.2, 0.25) is 0 Å². The molecule has 0 atom stereocenters. The van der Waals surface area contributed by atoms with Gasteiger partial charge in [-0.1, -0.05) is 0 Å². The Morgan fingerprint density at radius 2 is 1.87 bits per heavy atom. The maximum absolute atomic E-state index is 12.1. The molecule has 0 aromatic heterocycles. The third-order valence-electron chi connectivity index (χ3n) is 2.52. The summed E-state index contributed by atoms with van der Waals surface area (Å²) in [5.41, 5.74) is 0.487. The van der Waals surface area contributed by atoms with E-state index in [9.17, 15) is 18.0 Å². The molecule has 5 nitrogen and oxygen atoms in total. The van der Waals surface area contributed by atoms with E-state index < -0.39 is 6.36 Å². The molecule has 2 N–H and O–H groups in total. The van der Waals surface area contributed by atoms with Gasteiger partial charge in [-0.2, -0.15) is 0 Å². The Hall–Kier alpha value is -2.03. The molecule has 9 heteroatoms. The summed E-state index contributed by atoms with van der Waals surface area (Å²) in [7, 11) is 1.64. The number of amides is 1. The van der Waals surface area contributed by atoms with Crippen molar-refractivity contribution in [1.82, 2.24) is 10.2 Å². The average Bonchev–Trinajstić information content (AvgIpc) is 2.38. The molecule has 0 bridgehead atoms. The van der Waals surface area contributed by atoms with Crippen LogP contribution in [-0.2, 0) is 4.79 Å². The number of ether oxygens (including phenoxy) is 1. The number of thiocarbonyl (C=S) groups is 1. The van der Waals surface area contributed by atoms with Crippen LogP contribution in [0.25, 0.3) is 0 Å². The first-order chi connectivity index (χ1) is 10.6. The van der Waals surface area contributed by atoms with Gasteiger partial charge >= 0.3 is 6.36 Å². The van der Waals surface area contributed by atoms with Gasteiger partial charge < -0.3 is 20.3 Å². The first kappa shape index (κ1) is 19.0. The summed E-state index contributed by atoms with van der Waals surface area (Å²) in [6.45, 7) is 3.76. The molecule has 0 fully saturated rings. The Bertz CT molecular complexity index is 547. The molecule has 1 aromatic rings. The number of carbonyl (C=O) groups excluding carboxylic acids is 1. The number of anilines is 1. The summed E-state index contributed by atoms with van der Waals surface area (Å²) in [6, 6.07) is 5.16. The normalized spacial score (nSPS) is 11.1. The summed E-state index contributed by atoms with van der Waals surface area (Å²) < 4.78 is 40.0. The Morgan fingerprint density at radius 3 is 2.35 bits per heavy atom. The van der Waals surface area contributed by atoms with Crippen molar-refractivity contribution in [2.24, 2.45) is 0 Å². The zero-order valence-corrected chi connectivity index (χ0v) is 13.7. The van der Waals surface area contributed by atoms with E-state index in [1.54, 1.807) is 7.05 Å². The molecule has 0 saturated carbocycles. The van der Waals surface area contributed by atoms with Gasteiger partial charge in [-0.05, 0) is 50.3 Å². The zero-order chi connectivity index (χ0) is 17.6. The smallest absolute Gasteiger partial charge is 0.406 e. The minimum absolute atomic E-state index is 0.0265. The summed E-state index contributed by atoms with van der Waals surface area (Å²) in [6.07, 6.45) is -4.73. The third-order valence-corrected chi connectivity index (χ3v) is 2.93. The highest BCUT2D eigenvalue weighted by atomic mass is 32.1. The monoisotopic (exact) mass is 349 g/mol. The van der Waals surface area contributed by atoms with Gasteiger partial charge in [-0.15, -0.1) is 13.2 Å². The maximum Gasteiger partial charge on any atom is 0.573 e. The number of hydrogen-bond donors (Lipinski definition) is 2. The number of likely N-dealkylation sites (N-methyl/N-ethyl adjacent to an activating group) is 1. The van der Waals surface area contributed by atoms with Crippen LogP contribution in [-0.4, -0.2) is 41.9 Å². The second-order valence-corrected chi connectivity index (χ2v) is 5.47. The van der Waals surface area contributed by atoms with Crippen molar-refractivity contribution in [3.8, 4) is 5.75 Å². The van der Waals surface area contributed by atoms with E-state index in [4.69, 9.17) is 12.2 Å². The van der Waals surface area contributed by atoms with Crippen molar-refractivity contribution < 1.29 is 22.7 Å². The van der Waals surface area contributed by atoms with Crippen LogP contribution in [0.4, 0.5) is 18.9 Å². The lowest BCUT2D eigenvalue weighted by molar-refractivity contribution is -0.274. The van der Waals surface area contributed by atoms with Gasteiger partial charge in [0.2, 0.25) is 5.91 Å². The van der Waals surface area contributed by atoms with Crippen molar-refractivity contribution in [3.63, 3.8) is 0 Å². The van der Waals surface area contributed by atoms with E-state index in [1.807, 2.05) is 13.8 Å². The molecule has 0 aliphatic carbocycles. The fraction of sp³-hybridized carbons (Fsp3) is 0.429. The Balaban J connectivity index is 2.55. The predicted octanol–water partition coefficient (Wildman–Crippen LogP) is 2.74. The molecule has 23 heavy (non-hydrogen) atoms. The third kappa shape index (κ3) is 7.68. The fourth-order valence-corrected chi connectivity index (χ4v) is 1.80. The second kappa shape index (κ2) is 8.00. The van der Waals surface area contributed by atoms with Crippen LogP contribution in [0, 0.1) is 0 Å². The van der Waals surface area contributed by atoms with E-state index in [2.05, 4.69) is 15.4 Å². The van der Waals surface area contributed by atoms with Crippen LogP contribution < -0.4 is 15.4 Å². The minimum Gasteiger partial charge on any atom is -0.406 e. The molecule has 0 radical (unpaired) electrons. The van der Waals surface area contributed by atoms with Crippen LogP contribution in [0.3, 0.4) is 0 Å². The molecule has 1 amide bonds. The SMILES string of the molecule is CC(C)NC(=O)CN(C)C(=S)Nc1ccc(OC(F)(F)F)cc1. The number of hydrogen-bond acceptors (Lipinski definition) is 3. The lowest BCUT2D eigenvalue weighted by atomic mass is 10.3. The lowest BCUT2D eigenvalue weighted by Gasteiger charge is -2.21. The number of rotatable bonds is 5. The van der Waals surface area contributed by atoms with Gasteiger partial charge in [0.15, 0.2) is 5.11 Å². The summed E-state index contributed by atoms with van der Waals surface area (Å²) in [5, 5.41) is 5.83. The summed E-state index contributed by atoms with van der Waals surface area (Å²) in [5.74, 6) is -0.501. The molecule has 0 spiro atoms. The number of halogens is 3. The first-order valence-electron chi connectivity index (χ1n) is 6.74. The highest BCUT2D eigenvalue weighted by Gasteiger charge is 2.30. The van der Waals surface area contributed by atoms with Crippen LogP contribution in [0.5, 0.6) is 5.75 Å². The molecule has 0 heterocycles. The fourth-order valence-electron chi connectivity index (χ4n) is 1.61. The molecule has 128 valence electrons. The van der Waals surface area contributed by atoms with Crippen LogP contribution >= 0.6 is 12.2 Å². The van der Waals surface area contributed by atoms with Gasteiger partial charge in [-0.25, -0.2) is 0 Å². The number of nitrogens with one attached hydrogen (secondary N) is 2. The van der Waals surface area contributed by atoms with Gasteiger partial charge in [0.25, 0.3) is 0 Å². The zero-order valence-electron chi connectivity index (χ0n) is 12.9. The molecule has 1 aromatic carbocycles. The second-order valence-electron chi connectivity index (χ2n) is 5.08. The number of alkyl halides is 3. The van der Waals surface area contributed by atoms with E-state index in [1.165, 1.54) is 29.2 Å². The predicted molar refractivity (Wildman–Crippen MR) is 85.3 cm³/mol. The van der Waals surface area contributed by atoms with Gasteiger partial charge in [0, 0.05) is 18.8 Å². The molecular formula is C14H18F3N3O2S. The molecule has 1 rings (SSSR count). The van der Waals surface area contributed by atoms with Crippen molar-refractivity contribution in [1.29, 1.82) is 0 Å². The van der Waals surface area contributed by atoms with E-state index in [0.717, 1.165) is 0 Å². The van der Waals surface area contributed by atoms with Gasteiger partial charge in [0.1, 0.15) is 5.75 Å². The Morgan fingerprint density at radius 1 is 1.30 bits per heavy atom. The number of carbonyl (C=O) groups is 1. The highest BCUT2D eigenvalue weighted by molar-refractivity contribution is 7.80. The highest BCUT2D eigenvalue weighted by Crippen LogP contribution is 2.23. The average molecular weight is 349 g/mol. The molecule has 0 unspecified atom stereocenters. The van der Waals surface area contributed by atoms with E-state index in [-0.39, 0.29) is 29.4 Å². The van der Waals surface area contributed by atoms with E-state index >= 15 is 0 Å². The molecule has 0 aliphatic rings. The van der Waals surface area contributed by atoms with Gasteiger partial charge in [0.05, 0.1) is 6.54 Å². The van der Waals surface area contributed by atoms with Crippen LogP contribution in [0.15, 0.2) is 24.3 Å². The van der Waals surface area contributed by atoms with Crippen molar-refractivity contribution >= 4 is 28.9 Å². The molecular weight excluding hydrogens is 331 g/mol. The van der Waals surface area contributed by atoms with Crippen molar-refractivity contribution in [2.75, 3.05) is 18.9 Å². The molecule has 0 saturated heterocycles. The van der Waals surface area contributed by atoms with Crippen LogP contribution in [0.1, 0.15) is 13.8 Å². The first-order valence-corrected chi connectivity index (χ1v) is 7.15. The minimum atomic E-state index is -4.73. The summed E-state index contributed by atoms with van der Waals surface area (Å²) >= 11 is 5.13. The topological polar surface area (TPSA) is 53.6 Å². The summed E-state index contributed by atoms with van der Waals surface area (Å²) in [4.78, 5) is 13.2. The number of benzene rings is 1. The quantitative estimate of drug-likeness (QED) is 0.801. The van der Waals surface area contributed by atoms with Crippen molar-refractivity contribution in [3.05, 3.63) is 24.3 Å². The number of nitrogens with zero attached hydrogens (tertiary/aromatic N) is 1. The largest absolute Gasteiger partial charge is 0.573 e. The standard InChI is InChI=1S/C14H18F3N3O2S/c1-9(2)18-12(21)8-20(3)13(23)19-10-4-6-11(7-5-10)22-14(15,16)17/h4-7,9H,8H2,1-3H3,(H,18,21)(H,19,23). The molecule has 0 aliphatic heterocycles.